The molecular formula is C17H16N2OS. The van der Waals surface area contributed by atoms with E-state index in [0.29, 0.717) is 17.7 Å². The summed E-state index contributed by atoms with van der Waals surface area (Å²) in [7, 11) is 0. The smallest absolute Gasteiger partial charge is 0.251 e. The van der Waals surface area contributed by atoms with E-state index in [2.05, 4.69) is 17.4 Å². The quantitative estimate of drug-likeness (QED) is 0.833. The molecule has 21 heavy (non-hydrogen) atoms. The molecule has 3 nitrogen and oxygen atoms in total. The highest BCUT2D eigenvalue weighted by atomic mass is 32.2. The largest absolute Gasteiger partial charge is 0.351 e. The van der Waals surface area contributed by atoms with E-state index in [0.717, 1.165) is 11.5 Å². The molecule has 0 atom stereocenters. The Hall–Kier alpha value is -2.25. The fraction of sp³-hybridized carbons (Fsp3) is 0.176. The first-order valence-corrected chi connectivity index (χ1v) is 7.85. The Balaban J connectivity index is 1.71. The molecule has 0 spiro atoms. The molecule has 0 fully saturated rings. The van der Waals surface area contributed by atoms with Gasteiger partial charge >= 0.3 is 0 Å². The van der Waals surface area contributed by atoms with E-state index in [-0.39, 0.29) is 5.91 Å². The zero-order chi connectivity index (χ0) is 14.9. The molecule has 0 saturated heterocycles. The molecule has 1 amide bonds. The van der Waals surface area contributed by atoms with E-state index < -0.39 is 0 Å². The maximum atomic E-state index is 11.9. The van der Waals surface area contributed by atoms with Crippen LogP contribution in [0.4, 0.5) is 0 Å². The SMILES string of the molecule is N#Cc1cccc(C(=O)NCCSCc2ccccc2)c1. The van der Waals surface area contributed by atoms with Crippen molar-refractivity contribution in [3.05, 3.63) is 71.3 Å². The van der Waals surface area contributed by atoms with Gasteiger partial charge < -0.3 is 5.32 Å². The van der Waals surface area contributed by atoms with Crippen LogP contribution in [-0.2, 0) is 5.75 Å². The molecule has 2 aromatic rings. The van der Waals surface area contributed by atoms with Crippen molar-refractivity contribution in [1.82, 2.24) is 5.32 Å². The van der Waals surface area contributed by atoms with Crippen molar-refractivity contribution in [3.63, 3.8) is 0 Å². The average molecular weight is 296 g/mol. The number of carbonyl (C=O) groups excluding carboxylic acids is 1. The van der Waals surface area contributed by atoms with Crippen LogP contribution in [0, 0.1) is 11.3 Å². The van der Waals surface area contributed by atoms with E-state index >= 15 is 0 Å². The number of benzene rings is 2. The summed E-state index contributed by atoms with van der Waals surface area (Å²) in [4.78, 5) is 11.9. The van der Waals surface area contributed by atoms with Gasteiger partial charge in [-0.1, -0.05) is 36.4 Å². The van der Waals surface area contributed by atoms with E-state index in [1.54, 1.807) is 36.0 Å². The molecule has 0 aliphatic carbocycles. The van der Waals surface area contributed by atoms with Crippen LogP contribution in [0.1, 0.15) is 21.5 Å². The van der Waals surface area contributed by atoms with Crippen molar-refractivity contribution in [2.45, 2.75) is 5.75 Å². The van der Waals surface area contributed by atoms with Crippen LogP contribution in [0.3, 0.4) is 0 Å². The molecule has 0 bridgehead atoms. The fourth-order valence-electron chi connectivity index (χ4n) is 1.83. The molecule has 0 aromatic heterocycles. The third kappa shape index (κ3) is 4.97. The second kappa shape index (κ2) is 8.13. The van der Waals surface area contributed by atoms with Gasteiger partial charge in [-0.2, -0.15) is 17.0 Å². The van der Waals surface area contributed by atoms with Gasteiger partial charge in [0.25, 0.3) is 5.91 Å². The third-order valence-electron chi connectivity index (χ3n) is 2.90. The number of hydrogen-bond donors (Lipinski definition) is 1. The minimum absolute atomic E-state index is 0.132. The van der Waals surface area contributed by atoms with Gasteiger partial charge in [-0.15, -0.1) is 0 Å². The van der Waals surface area contributed by atoms with Gasteiger partial charge in [0.2, 0.25) is 0 Å². The molecule has 0 heterocycles. The highest BCUT2D eigenvalue weighted by Crippen LogP contribution is 2.10. The number of nitrogens with one attached hydrogen (secondary N) is 1. The highest BCUT2D eigenvalue weighted by Gasteiger charge is 2.05. The first-order valence-electron chi connectivity index (χ1n) is 6.69. The number of amides is 1. The minimum atomic E-state index is -0.132. The minimum Gasteiger partial charge on any atom is -0.351 e. The van der Waals surface area contributed by atoms with Crippen molar-refractivity contribution in [3.8, 4) is 6.07 Å². The Labute approximate surface area is 129 Å². The molecule has 2 aromatic carbocycles. The third-order valence-corrected chi connectivity index (χ3v) is 3.93. The summed E-state index contributed by atoms with van der Waals surface area (Å²) in [6, 6.07) is 19.0. The second-order valence-electron chi connectivity index (χ2n) is 4.49. The summed E-state index contributed by atoms with van der Waals surface area (Å²) < 4.78 is 0. The van der Waals surface area contributed by atoms with E-state index in [4.69, 9.17) is 5.26 Å². The summed E-state index contributed by atoms with van der Waals surface area (Å²) in [5.41, 5.74) is 2.32. The lowest BCUT2D eigenvalue weighted by Crippen LogP contribution is -2.25. The molecule has 0 saturated carbocycles. The lowest BCUT2D eigenvalue weighted by Gasteiger charge is -2.05. The fourth-order valence-corrected chi connectivity index (χ4v) is 2.65. The van der Waals surface area contributed by atoms with Gasteiger partial charge in [0.1, 0.15) is 0 Å². The standard InChI is InChI=1S/C17H16N2OS/c18-12-15-7-4-8-16(11-15)17(20)19-9-10-21-13-14-5-2-1-3-6-14/h1-8,11H,9-10,13H2,(H,19,20). The molecule has 0 aliphatic heterocycles. The van der Waals surface area contributed by atoms with Gasteiger partial charge in [0.05, 0.1) is 11.6 Å². The number of nitrogens with zero attached hydrogens (tertiary/aromatic N) is 1. The van der Waals surface area contributed by atoms with Crippen LogP contribution >= 0.6 is 11.8 Å². The first kappa shape index (κ1) is 15.1. The first-order chi connectivity index (χ1) is 10.3. The summed E-state index contributed by atoms with van der Waals surface area (Å²) in [5, 5.41) is 11.7. The summed E-state index contributed by atoms with van der Waals surface area (Å²) in [5.74, 6) is 1.67. The van der Waals surface area contributed by atoms with Gasteiger partial charge in [0, 0.05) is 23.6 Å². The molecule has 1 N–H and O–H groups in total. The normalized spacial score (nSPS) is 9.86. The lowest BCUT2D eigenvalue weighted by atomic mass is 10.1. The van der Waals surface area contributed by atoms with E-state index in [9.17, 15) is 4.79 Å². The van der Waals surface area contributed by atoms with E-state index in [1.807, 2.05) is 24.3 Å². The molecule has 0 aliphatic rings. The van der Waals surface area contributed by atoms with Crippen LogP contribution < -0.4 is 5.32 Å². The van der Waals surface area contributed by atoms with Crippen LogP contribution in [0.15, 0.2) is 54.6 Å². The Morgan fingerprint density at radius 2 is 1.95 bits per heavy atom. The van der Waals surface area contributed by atoms with Gasteiger partial charge in [0.15, 0.2) is 0 Å². The van der Waals surface area contributed by atoms with Crippen LogP contribution in [0.25, 0.3) is 0 Å². The predicted octanol–water partition coefficient (Wildman–Crippen LogP) is 3.22. The Bertz CT molecular complexity index is 635. The van der Waals surface area contributed by atoms with Gasteiger partial charge in [-0.25, -0.2) is 0 Å². The topological polar surface area (TPSA) is 52.9 Å². The average Bonchev–Trinajstić information content (AvgIpc) is 2.55. The number of thioether (sulfide) groups is 1. The maximum Gasteiger partial charge on any atom is 0.251 e. The zero-order valence-electron chi connectivity index (χ0n) is 11.6. The van der Waals surface area contributed by atoms with Crippen LogP contribution in [0.2, 0.25) is 0 Å². The number of carbonyl (C=O) groups is 1. The van der Waals surface area contributed by atoms with Crippen LogP contribution in [-0.4, -0.2) is 18.2 Å². The molecule has 0 unspecified atom stereocenters. The van der Waals surface area contributed by atoms with E-state index in [1.165, 1.54) is 5.56 Å². The molecule has 0 radical (unpaired) electrons. The summed E-state index contributed by atoms with van der Waals surface area (Å²) in [6.07, 6.45) is 0. The van der Waals surface area contributed by atoms with Crippen molar-refractivity contribution >= 4 is 17.7 Å². The van der Waals surface area contributed by atoms with Gasteiger partial charge in [-0.05, 0) is 23.8 Å². The van der Waals surface area contributed by atoms with Crippen molar-refractivity contribution in [2.75, 3.05) is 12.3 Å². The van der Waals surface area contributed by atoms with Crippen molar-refractivity contribution in [1.29, 1.82) is 5.26 Å². The number of rotatable bonds is 6. The summed E-state index contributed by atoms with van der Waals surface area (Å²) >= 11 is 1.78. The monoisotopic (exact) mass is 296 g/mol. The molecule has 2 rings (SSSR count). The predicted molar refractivity (Wildman–Crippen MR) is 86.1 cm³/mol. The second-order valence-corrected chi connectivity index (χ2v) is 5.59. The van der Waals surface area contributed by atoms with Crippen LogP contribution in [0.5, 0.6) is 0 Å². The molecule has 4 heteroatoms. The molecular weight excluding hydrogens is 280 g/mol. The lowest BCUT2D eigenvalue weighted by molar-refractivity contribution is 0.0956. The maximum absolute atomic E-state index is 11.9. The Morgan fingerprint density at radius 1 is 1.14 bits per heavy atom. The van der Waals surface area contributed by atoms with Crippen molar-refractivity contribution < 1.29 is 4.79 Å². The number of nitriles is 1. The van der Waals surface area contributed by atoms with Crippen molar-refractivity contribution in [2.24, 2.45) is 0 Å². The highest BCUT2D eigenvalue weighted by molar-refractivity contribution is 7.98. The Kier molecular flexibility index (Phi) is 5.86. The zero-order valence-corrected chi connectivity index (χ0v) is 12.4. The number of hydrogen-bond acceptors (Lipinski definition) is 3. The molecule has 106 valence electrons. The summed E-state index contributed by atoms with van der Waals surface area (Å²) in [6.45, 7) is 0.618. The Morgan fingerprint density at radius 3 is 2.71 bits per heavy atom. The van der Waals surface area contributed by atoms with Gasteiger partial charge in [-0.3, -0.25) is 4.79 Å².